The fourth-order valence-corrected chi connectivity index (χ4v) is 4.93. The molecule has 8 heteroatoms. The second-order valence-electron chi connectivity index (χ2n) is 9.25. The number of ether oxygens (including phenoxy) is 1. The minimum Gasteiger partial charge on any atom is -0.492 e. The van der Waals surface area contributed by atoms with Crippen molar-refractivity contribution in [2.45, 2.75) is 39.7 Å². The van der Waals surface area contributed by atoms with Gasteiger partial charge in [0, 0.05) is 48.9 Å². The van der Waals surface area contributed by atoms with Crippen molar-refractivity contribution in [2.75, 3.05) is 33.3 Å². The van der Waals surface area contributed by atoms with Crippen molar-refractivity contribution in [3.05, 3.63) is 75.8 Å². The highest BCUT2D eigenvalue weighted by Gasteiger charge is 2.32. The first-order valence-electron chi connectivity index (χ1n) is 12.7. The molecule has 7 nitrogen and oxygen atoms in total. The number of halogens is 1. The minimum atomic E-state index is -0.282. The predicted molar refractivity (Wildman–Crippen MR) is 145 cm³/mol. The summed E-state index contributed by atoms with van der Waals surface area (Å²) < 4.78 is 5.65. The van der Waals surface area contributed by atoms with Crippen molar-refractivity contribution >= 4 is 17.5 Å². The lowest BCUT2D eigenvalue weighted by Crippen LogP contribution is -2.40. The van der Waals surface area contributed by atoms with Gasteiger partial charge in [-0.25, -0.2) is 0 Å². The molecule has 1 aliphatic rings. The number of fused-ring (bicyclic) bond motifs is 1. The summed E-state index contributed by atoms with van der Waals surface area (Å²) in [7, 11) is 2.09. The van der Waals surface area contributed by atoms with E-state index >= 15 is 0 Å². The van der Waals surface area contributed by atoms with Crippen LogP contribution in [0.2, 0.25) is 5.02 Å². The summed E-state index contributed by atoms with van der Waals surface area (Å²) >= 11 is 6.56. The van der Waals surface area contributed by atoms with Crippen LogP contribution in [0.1, 0.15) is 59.6 Å². The van der Waals surface area contributed by atoms with E-state index in [1.807, 2.05) is 30.9 Å². The van der Waals surface area contributed by atoms with Gasteiger partial charge < -0.3 is 14.5 Å². The molecule has 0 spiro atoms. The molecule has 0 fully saturated rings. The minimum absolute atomic E-state index is 0.0324. The molecule has 1 aromatic carbocycles. The van der Waals surface area contributed by atoms with Gasteiger partial charge in [-0.05, 0) is 69.1 Å². The van der Waals surface area contributed by atoms with E-state index in [9.17, 15) is 10.1 Å². The Labute approximate surface area is 223 Å². The van der Waals surface area contributed by atoms with Crippen molar-refractivity contribution < 1.29 is 9.53 Å². The zero-order valence-corrected chi connectivity index (χ0v) is 22.5. The summed E-state index contributed by atoms with van der Waals surface area (Å²) in [5, 5.41) is 9.95. The van der Waals surface area contributed by atoms with Gasteiger partial charge >= 0.3 is 0 Å². The Kier molecular flexibility index (Phi) is 8.42. The van der Waals surface area contributed by atoms with Crippen LogP contribution in [0.15, 0.2) is 42.9 Å². The third-order valence-electron chi connectivity index (χ3n) is 6.99. The third-order valence-corrected chi connectivity index (χ3v) is 7.29. The van der Waals surface area contributed by atoms with Gasteiger partial charge in [-0.2, -0.15) is 5.26 Å². The van der Waals surface area contributed by atoms with Crippen LogP contribution < -0.4 is 4.74 Å². The number of pyridine rings is 2. The summed E-state index contributed by atoms with van der Waals surface area (Å²) in [4.78, 5) is 26.7. The zero-order valence-electron chi connectivity index (χ0n) is 21.8. The molecule has 1 atom stereocenters. The molecule has 0 saturated carbocycles. The van der Waals surface area contributed by atoms with E-state index in [1.54, 1.807) is 18.5 Å². The Hall–Kier alpha value is -3.47. The van der Waals surface area contributed by atoms with E-state index in [4.69, 9.17) is 16.3 Å². The van der Waals surface area contributed by atoms with E-state index in [0.717, 1.165) is 41.8 Å². The topological polar surface area (TPSA) is 82.3 Å². The predicted octanol–water partition coefficient (Wildman–Crippen LogP) is 5.32. The molecule has 3 aromatic rings. The second kappa shape index (κ2) is 11.7. The van der Waals surface area contributed by atoms with E-state index in [0.29, 0.717) is 47.2 Å². The van der Waals surface area contributed by atoms with Crippen LogP contribution in [0, 0.1) is 11.3 Å². The maximum Gasteiger partial charge on any atom is 0.254 e. The normalized spacial score (nSPS) is 13.9. The van der Waals surface area contributed by atoms with Crippen LogP contribution in [0.4, 0.5) is 0 Å². The Bertz CT molecular complexity index is 1340. The van der Waals surface area contributed by atoms with Crippen LogP contribution in [-0.2, 0) is 12.8 Å². The largest absolute Gasteiger partial charge is 0.492 e. The number of hydrogen-bond donors (Lipinski definition) is 0. The summed E-state index contributed by atoms with van der Waals surface area (Å²) in [6.45, 7) is 8.81. The second-order valence-corrected chi connectivity index (χ2v) is 9.65. The lowest BCUT2D eigenvalue weighted by molar-refractivity contribution is 0.0669. The smallest absolute Gasteiger partial charge is 0.254 e. The van der Waals surface area contributed by atoms with Crippen LogP contribution in [-0.4, -0.2) is 59.0 Å². The molecule has 2 aromatic heterocycles. The van der Waals surface area contributed by atoms with Crippen LogP contribution in [0.3, 0.4) is 0 Å². The highest BCUT2D eigenvalue weighted by Crippen LogP contribution is 2.37. The van der Waals surface area contributed by atoms with Crippen molar-refractivity contribution in [1.29, 1.82) is 5.26 Å². The van der Waals surface area contributed by atoms with Crippen LogP contribution in [0.25, 0.3) is 11.1 Å². The van der Waals surface area contributed by atoms with E-state index < -0.39 is 0 Å². The molecule has 0 aliphatic carbocycles. The SMILES string of the molecule is CCOc1cc([C@H](C)N2CCc3c(cc(CCN(C)CC)cc3-c3ccncc3Cl)C2=O)ncc1C#N. The lowest BCUT2D eigenvalue weighted by Gasteiger charge is -2.35. The fraction of sp³-hybridized carbons (Fsp3) is 0.379. The monoisotopic (exact) mass is 517 g/mol. The highest BCUT2D eigenvalue weighted by molar-refractivity contribution is 6.33. The molecule has 3 heterocycles. The fourth-order valence-electron chi connectivity index (χ4n) is 4.71. The number of aromatic nitrogens is 2. The summed E-state index contributed by atoms with van der Waals surface area (Å²) in [5.74, 6) is 0.457. The number of hydrogen-bond acceptors (Lipinski definition) is 6. The first-order chi connectivity index (χ1) is 17.9. The van der Waals surface area contributed by atoms with Gasteiger partial charge in [-0.3, -0.25) is 14.8 Å². The first-order valence-corrected chi connectivity index (χ1v) is 13.0. The Balaban J connectivity index is 1.73. The Morgan fingerprint density at radius 1 is 1.22 bits per heavy atom. The summed E-state index contributed by atoms with van der Waals surface area (Å²) in [6.07, 6.45) is 6.42. The van der Waals surface area contributed by atoms with Gasteiger partial charge in [-0.15, -0.1) is 0 Å². The number of rotatable bonds is 9. The molecule has 0 saturated heterocycles. The Morgan fingerprint density at radius 2 is 2.00 bits per heavy atom. The standard InChI is InChI=1S/C29H32ClN5O2/c1-5-34(4)11-8-20-13-24(23-7-10-32-18-26(23)30)22-9-12-35(29(36)25(22)14-20)19(3)27-15-28(37-6-2)21(16-31)17-33-27/h7,10,13-15,17-19H,5-6,8-9,11-12H2,1-4H3/t19-/m0/s1. The summed E-state index contributed by atoms with van der Waals surface area (Å²) in [6, 6.07) is 9.73. The maximum atomic E-state index is 13.9. The van der Waals surface area contributed by atoms with E-state index in [-0.39, 0.29) is 11.9 Å². The number of benzene rings is 1. The molecular formula is C29H32ClN5O2. The average molecular weight is 518 g/mol. The third kappa shape index (κ3) is 5.61. The van der Waals surface area contributed by atoms with E-state index in [2.05, 4.69) is 41.0 Å². The van der Waals surface area contributed by atoms with Gasteiger partial charge in [0.25, 0.3) is 5.91 Å². The van der Waals surface area contributed by atoms with Crippen LogP contribution in [0.5, 0.6) is 5.75 Å². The highest BCUT2D eigenvalue weighted by atomic mass is 35.5. The molecule has 0 N–H and O–H groups in total. The first kappa shape index (κ1) is 26.6. The van der Waals surface area contributed by atoms with Gasteiger partial charge in [0.05, 0.1) is 23.4 Å². The summed E-state index contributed by atoms with van der Waals surface area (Å²) in [5.41, 5.74) is 5.78. The van der Waals surface area contributed by atoms with Crippen molar-refractivity contribution in [1.82, 2.24) is 19.8 Å². The molecule has 0 bridgehead atoms. The number of carbonyl (C=O) groups is 1. The molecule has 1 amide bonds. The molecule has 37 heavy (non-hydrogen) atoms. The maximum absolute atomic E-state index is 13.9. The molecular weight excluding hydrogens is 486 g/mol. The van der Waals surface area contributed by atoms with Gasteiger partial charge in [0.2, 0.25) is 0 Å². The van der Waals surface area contributed by atoms with Crippen molar-refractivity contribution in [3.63, 3.8) is 0 Å². The number of likely N-dealkylation sites (N-methyl/N-ethyl adjacent to an activating group) is 1. The number of nitrogens with zero attached hydrogens (tertiary/aromatic N) is 5. The van der Waals surface area contributed by atoms with Gasteiger partial charge in [-0.1, -0.05) is 24.6 Å². The van der Waals surface area contributed by atoms with E-state index in [1.165, 1.54) is 6.20 Å². The quantitative estimate of drug-likeness (QED) is 0.382. The molecule has 1 aliphatic heterocycles. The Morgan fingerprint density at radius 3 is 2.70 bits per heavy atom. The number of amides is 1. The molecule has 4 rings (SSSR count). The molecule has 192 valence electrons. The van der Waals surface area contributed by atoms with Gasteiger partial charge in [0.1, 0.15) is 17.4 Å². The average Bonchev–Trinajstić information content (AvgIpc) is 2.92. The van der Waals surface area contributed by atoms with Crippen molar-refractivity contribution in [2.24, 2.45) is 0 Å². The number of nitriles is 1. The van der Waals surface area contributed by atoms with Crippen LogP contribution >= 0.6 is 11.6 Å². The lowest BCUT2D eigenvalue weighted by atomic mass is 9.87. The molecule has 0 unspecified atom stereocenters. The van der Waals surface area contributed by atoms with Crippen molar-refractivity contribution in [3.8, 4) is 22.9 Å². The molecule has 0 radical (unpaired) electrons. The van der Waals surface area contributed by atoms with Gasteiger partial charge in [0.15, 0.2) is 0 Å². The zero-order chi connectivity index (χ0) is 26.5. The number of carbonyl (C=O) groups excluding carboxylic acids is 1.